The summed E-state index contributed by atoms with van der Waals surface area (Å²) in [6, 6.07) is 0. The van der Waals surface area contributed by atoms with Gasteiger partial charge in [0, 0.05) is 26.3 Å². The molecular weight excluding hydrogens is 176 g/mol. The van der Waals surface area contributed by atoms with Crippen LogP contribution in [-0.2, 0) is 4.74 Å². The molecule has 0 atom stereocenters. The van der Waals surface area contributed by atoms with E-state index in [0.29, 0.717) is 0 Å². The summed E-state index contributed by atoms with van der Waals surface area (Å²) in [6.45, 7) is 11.3. The molecule has 0 saturated heterocycles. The van der Waals surface area contributed by atoms with Crippen LogP contribution in [0.25, 0.3) is 0 Å². The fraction of sp³-hybridized carbons (Fsp3) is 1.00. The zero-order valence-corrected chi connectivity index (χ0v) is 10.8. The SMILES string of the molecule is CCN(C)CCN(C)C.CCOCC. The van der Waals surface area contributed by atoms with Crippen molar-refractivity contribution in [2.45, 2.75) is 20.8 Å². The van der Waals surface area contributed by atoms with Crippen LogP contribution in [0.1, 0.15) is 20.8 Å². The van der Waals surface area contributed by atoms with Crippen LogP contribution in [0.2, 0.25) is 0 Å². The largest absolute Gasteiger partial charge is 0.382 e. The molecular formula is C11H28N2O. The Hall–Kier alpha value is -0.120. The van der Waals surface area contributed by atoms with Gasteiger partial charge in [-0.2, -0.15) is 0 Å². The van der Waals surface area contributed by atoms with Crippen molar-refractivity contribution in [2.75, 3.05) is 54.0 Å². The zero-order chi connectivity index (χ0) is 11.4. The maximum atomic E-state index is 4.83. The Morgan fingerprint density at radius 2 is 1.36 bits per heavy atom. The van der Waals surface area contributed by atoms with E-state index in [1.165, 1.54) is 6.54 Å². The lowest BCUT2D eigenvalue weighted by molar-refractivity contribution is 0.162. The third kappa shape index (κ3) is 17.8. The van der Waals surface area contributed by atoms with Gasteiger partial charge in [0.15, 0.2) is 0 Å². The summed E-state index contributed by atoms with van der Waals surface area (Å²) in [4.78, 5) is 4.51. The van der Waals surface area contributed by atoms with Gasteiger partial charge in [-0.1, -0.05) is 6.92 Å². The average Bonchev–Trinajstić information content (AvgIpc) is 2.16. The summed E-state index contributed by atoms with van der Waals surface area (Å²) < 4.78 is 4.83. The molecule has 0 aromatic carbocycles. The minimum absolute atomic E-state index is 0.844. The molecule has 0 rings (SSSR count). The Morgan fingerprint density at radius 3 is 1.57 bits per heavy atom. The third-order valence-corrected chi connectivity index (χ3v) is 1.88. The second kappa shape index (κ2) is 12.9. The van der Waals surface area contributed by atoms with Crippen molar-refractivity contribution in [2.24, 2.45) is 0 Å². The third-order valence-electron chi connectivity index (χ3n) is 1.88. The van der Waals surface area contributed by atoms with Crippen LogP contribution >= 0.6 is 0 Å². The Morgan fingerprint density at radius 1 is 0.857 bits per heavy atom. The van der Waals surface area contributed by atoms with E-state index in [4.69, 9.17) is 4.74 Å². The molecule has 3 nitrogen and oxygen atoms in total. The van der Waals surface area contributed by atoms with E-state index in [2.05, 4.69) is 37.9 Å². The van der Waals surface area contributed by atoms with Gasteiger partial charge < -0.3 is 14.5 Å². The number of rotatable bonds is 6. The number of hydrogen-bond acceptors (Lipinski definition) is 3. The van der Waals surface area contributed by atoms with Gasteiger partial charge in [-0.3, -0.25) is 0 Å². The molecule has 14 heavy (non-hydrogen) atoms. The first-order valence-electron chi connectivity index (χ1n) is 5.49. The van der Waals surface area contributed by atoms with Crippen LogP contribution in [-0.4, -0.2) is 63.8 Å². The fourth-order valence-electron chi connectivity index (χ4n) is 0.733. The number of nitrogens with zero attached hydrogens (tertiary/aromatic N) is 2. The van der Waals surface area contributed by atoms with Crippen molar-refractivity contribution in [3.05, 3.63) is 0 Å². The molecule has 0 spiro atoms. The molecule has 0 aliphatic rings. The molecule has 0 heterocycles. The molecule has 0 radical (unpaired) electrons. The molecule has 0 fully saturated rings. The molecule has 0 aliphatic heterocycles. The molecule has 0 bridgehead atoms. The van der Waals surface area contributed by atoms with Crippen LogP contribution in [0.15, 0.2) is 0 Å². The zero-order valence-electron chi connectivity index (χ0n) is 10.8. The van der Waals surface area contributed by atoms with Gasteiger partial charge in [0.1, 0.15) is 0 Å². The number of ether oxygens (including phenoxy) is 1. The van der Waals surface area contributed by atoms with E-state index < -0.39 is 0 Å². The molecule has 3 heteroatoms. The van der Waals surface area contributed by atoms with Crippen molar-refractivity contribution >= 4 is 0 Å². The summed E-state index contributed by atoms with van der Waals surface area (Å²) in [7, 11) is 6.34. The molecule has 88 valence electrons. The highest BCUT2D eigenvalue weighted by Gasteiger charge is 1.93. The van der Waals surface area contributed by atoms with Crippen LogP contribution in [0.3, 0.4) is 0 Å². The smallest absolute Gasteiger partial charge is 0.0437 e. The fourth-order valence-corrected chi connectivity index (χ4v) is 0.733. The topological polar surface area (TPSA) is 15.7 Å². The van der Waals surface area contributed by atoms with Gasteiger partial charge in [0.25, 0.3) is 0 Å². The minimum Gasteiger partial charge on any atom is -0.382 e. The number of likely N-dealkylation sites (N-methyl/N-ethyl adjacent to an activating group) is 2. The van der Waals surface area contributed by atoms with E-state index >= 15 is 0 Å². The standard InChI is InChI=1S/C7H18N2.C4H10O/c1-5-9(4)7-6-8(2)3;1-3-5-4-2/h5-7H2,1-4H3;3-4H2,1-2H3. The maximum absolute atomic E-state index is 4.83. The van der Waals surface area contributed by atoms with E-state index in [-0.39, 0.29) is 0 Å². The first-order valence-corrected chi connectivity index (χ1v) is 5.49. The van der Waals surface area contributed by atoms with Gasteiger partial charge in [-0.25, -0.2) is 0 Å². The van der Waals surface area contributed by atoms with Crippen molar-refractivity contribution in [1.29, 1.82) is 0 Å². The van der Waals surface area contributed by atoms with Gasteiger partial charge >= 0.3 is 0 Å². The molecule has 0 N–H and O–H groups in total. The van der Waals surface area contributed by atoms with Crippen LogP contribution < -0.4 is 0 Å². The lowest BCUT2D eigenvalue weighted by atomic mass is 10.5. The predicted molar refractivity (Wildman–Crippen MR) is 63.9 cm³/mol. The maximum Gasteiger partial charge on any atom is 0.0437 e. The second-order valence-corrected chi connectivity index (χ2v) is 3.48. The van der Waals surface area contributed by atoms with Crippen LogP contribution in [0.4, 0.5) is 0 Å². The van der Waals surface area contributed by atoms with Gasteiger partial charge in [0.05, 0.1) is 0 Å². The predicted octanol–water partition coefficient (Wildman–Crippen LogP) is 1.54. The van der Waals surface area contributed by atoms with Gasteiger partial charge in [-0.15, -0.1) is 0 Å². The quantitative estimate of drug-likeness (QED) is 0.653. The minimum atomic E-state index is 0.844. The number of hydrogen-bond donors (Lipinski definition) is 0. The first kappa shape index (κ1) is 16.3. The Bertz CT molecular complexity index is 95.3. The van der Waals surface area contributed by atoms with Crippen molar-refractivity contribution in [1.82, 2.24) is 9.80 Å². The summed E-state index contributed by atoms with van der Waals surface area (Å²) in [6.07, 6.45) is 0. The molecule has 0 aliphatic carbocycles. The molecule has 0 unspecified atom stereocenters. The Balaban J connectivity index is 0. The molecule has 0 saturated carbocycles. The van der Waals surface area contributed by atoms with Crippen molar-refractivity contribution in [3.63, 3.8) is 0 Å². The highest BCUT2D eigenvalue weighted by Crippen LogP contribution is 1.81. The van der Waals surface area contributed by atoms with Crippen molar-refractivity contribution < 1.29 is 4.74 Å². The summed E-state index contributed by atoms with van der Waals surface area (Å²) in [5.74, 6) is 0. The highest BCUT2D eigenvalue weighted by molar-refractivity contribution is 4.49. The van der Waals surface area contributed by atoms with Gasteiger partial charge in [-0.05, 0) is 41.5 Å². The lowest BCUT2D eigenvalue weighted by Crippen LogP contribution is -2.28. The Kier molecular flexibility index (Phi) is 15.0. The Labute approximate surface area is 90.0 Å². The van der Waals surface area contributed by atoms with E-state index in [1.807, 2.05) is 13.8 Å². The first-order chi connectivity index (χ1) is 6.58. The van der Waals surface area contributed by atoms with E-state index in [9.17, 15) is 0 Å². The van der Waals surface area contributed by atoms with Crippen molar-refractivity contribution in [3.8, 4) is 0 Å². The van der Waals surface area contributed by atoms with Gasteiger partial charge in [0.2, 0.25) is 0 Å². The monoisotopic (exact) mass is 204 g/mol. The average molecular weight is 204 g/mol. The molecule has 0 aromatic heterocycles. The summed E-state index contributed by atoms with van der Waals surface area (Å²) in [5.41, 5.74) is 0. The van der Waals surface area contributed by atoms with Crippen LogP contribution in [0, 0.1) is 0 Å². The summed E-state index contributed by atoms with van der Waals surface area (Å²) in [5, 5.41) is 0. The van der Waals surface area contributed by atoms with E-state index in [0.717, 1.165) is 26.3 Å². The van der Waals surface area contributed by atoms with E-state index in [1.54, 1.807) is 0 Å². The highest BCUT2D eigenvalue weighted by atomic mass is 16.5. The lowest BCUT2D eigenvalue weighted by Gasteiger charge is -2.16. The summed E-state index contributed by atoms with van der Waals surface area (Å²) >= 11 is 0. The molecule has 0 amide bonds. The molecule has 0 aromatic rings. The second-order valence-electron chi connectivity index (χ2n) is 3.48. The van der Waals surface area contributed by atoms with Crippen LogP contribution in [0.5, 0.6) is 0 Å². The normalized spacial score (nSPS) is 10.3.